The van der Waals surface area contributed by atoms with Crippen LogP contribution in [0.25, 0.3) is 28.2 Å². The van der Waals surface area contributed by atoms with Gasteiger partial charge in [0.2, 0.25) is 0 Å². The van der Waals surface area contributed by atoms with Crippen molar-refractivity contribution in [2.75, 3.05) is 7.11 Å². The number of rotatable bonds is 5. The van der Waals surface area contributed by atoms with Crippen LogP contribution in [0.4, 0.5) is 0 Å². The first-order chi connectivity index (χ1) is 14.6. The van der Waals surface area contributed by atoms with Crippen molar-refractivity contribution < 1.29 is 4.74 Å². The molecule has 2 heterocycles. The van der Waals surface area contributed by atoms with Gasteiger partial charge in [-0.1, -0.05) is 48.6 Å². The Bertz CT molecular complexity index is 1320. The van der Waals surface area contributed by atoms with Crippen LogP contribution >= 0.6 is 0 Å². The fourth-order valence-corrected chi connectivity index (χ4v) is 3.53. The molecule has 4 heteroatoms. The highest BCUT2D eigenvalue weighted by atomic mass is 16.5. The number of fused-ring (bicyclic) bond motifs is 1. The van der Waals surface area contributed by atoms with Crippen molar-refractivity contribution >= 4 is 22.4 Å². The van der Waals surface area contributed by atoms with Crippen LogP contribution in [-0.4, -0.2) is 16.7 Å². The summed E-state index contributed by atoms with van der Waals surface area (Å²) in [4.78, 5) is 17.9. The van der Waals surface area contributed by atoms with E-state index < -0.39 is 0 Å². The Morgan fingerprint density at radius 3 is 2.63 bits per heavy atom. The van der Waals surface area contributed by atoms with Gasteiger partial charge in [-0.15, -0.1) is 0 Å². The maximum absolute atomic E-state index is 13.5. The minimum atomic E-state index is -0.138. The van der Waals surface area contributed by atoms with E-state index in [1.165, 1.54) is 0 Å². The smallest absolute Gasteiger partial charge is 0.264 e. The van der Waals surface area contributed by atoms with Crippen molar-refractivity contribution in [2.45, 2.75) is 6.92 Å². The minimum Gasteiger partial charge on any atom is -0.497 e. The van der Waals surface area contributed by atoms with Crippen LogP contribution in [0.2, 0.25) is 0 Å². The fourth-order valence-electron chi connectivity index (χ4n) is 3.53. The number of methoxy groups -OCH3 is 1. The number of allylic oxidation sites excluding steroid dienone is 2. The van der Waals surface area contributed by atoms with Gasteiger partial charge in [0.15, 0.2) is 0 Å². The van der Waals surface area contributed by atoms with Crippen LogP contribution in [0.5, 0.6) is 5.75 Å². The summed E-state index contributed by atoms with van der Waals surface area (Å²) in [7, 11) is 1.62. The summed E-state index contributed by atoms with van der Waals surface area (Å²) in [5, 5.41) is 1.41. The molecule has 0 bridgehead atoms. The predicted octanol–water partition coefficient (Wildman–Crippen LogP) is 5.43. The van der Waals surface area contributed by atoms with Crippen LogP contribution in [0.1, 0.15) is 16.8 Å². The number of benzene rings is 2. The van der Waals surface area contributed by atoms with Gasteiger partial charge in [0.05, 0.1) is 12.8 Å². The molecule has 0 amide bonds. The maximum Gasteiger partial charge on any atom is 0.264 e. The number of nitrogens with zero attached hydrogens (tertiary/aromatic N) is 2. The van der Waals surface area contributed by atoms with Crippen LogP contribution in [0, 0.1) is 6.92 Å². The molecule has 0 unspecified atom stereocenters. The molecule has 0 saturated heterocycles. The first kappa shape index (κ1) is 19.4. The molecule has 4 rings (SSSR count). The van der Waals surface area contributed by atoms with Gasteiger partial charge in [-0.3, -0.25) is 9.36 Å². The predicted molar refractivity (Wildman–Crippen MR) is 123 cm³/mol. The molecular weight excluding hydrogens is 372 g/mol. The van der Waals surface area contributed by atoms with Crippen LogP contribution in [0.3, 0.4) is 0 Å². The number of hydrogen-bond acceptors (Lipinski definition) is 3. The highest BCUT2D eigenvalue weighted by Gasteiger charge is 2.14. The van der Waals surface area contributed by atoms with Gasteiger partial charge in [0.25, 0.3) is 5.56 Å². The average molecular weight is 394 g/mol. The number of aromatic nitrogens is 2. The Balaban J connectivity index is 2.05. The van der Waals surface area contributed by atoms with E-state index in [0.29, 0.717) is 17.0 Å². The summed E-state index contributed by atoms with van der Waals surface area (Å²) in [6.07, 6.45) is 5.48. The number of hydrogen-bond donors (Lipinski definition) is 0. The van der Waals surface area contributed by atoms with E-state index >= 15 is 0 Å². The average Bonchev–Trinajstić information content (AvgIpc) is 2.77. The van der Waals surface area contributed by atoms with E-state index in [1.54, 1.807) is 36.1 Å². The second kappa shape index (κ2) is 8.21. The minimum absolute atomic E-state index is 0.138. The summed E-state index contributed by atoms with van der Waals surface area (Å²) in [5.74, 6) is 1.26. The molecule has 0 aliphatic rings. The Morgan fingerprint density at radius 2 is 1.93 bits per heavy atom. The van der Waals surface area contributed by atoms with Crippen molar-refractivity contribution in [3.8, 4) is 11.6 Å². The summed E-state index contributed by atoms with van der Waals surface area (Å²) in [5.41, 5.74) is 3.61. The van der Waals surface area contributed by atoms with Crippen molar-refractivity contribution in [2.24, 2.45) is 0 Å². The molecule has 148 valence electrons. The lowest BCUT2D eigenvalue weighted by Gasteiger charge is -2.15. The molecule has 2 aromatic heterocycles. The number of pyridine rings is 2. The maximum atomic E-state index is 13.5. The SMILES string of the molecule is C=CC(=Cc1cccc(C)c1)c1cc2cc(OC)ccc2c(=O)n1-c1ccccn1. The third kappa shape index (κ3) is 3.67. The molecular formula is C26H22N2O2. The summed E-state index contributed by atoms with van der Waals surface area (Å²) in [6, 6.07) is 21.2. The molecule has 0 saturated carbocycles. The molecule has 4 aromatic rings. The van der Waals surface area contributed by atoms with E-state index in [9.17, 15) is 4.79 Å². The van der Waals surface area contributed by atoms with Gasteiger partial charge in [-0.05, 0) is 65.9 Å². The van der Waals surface area contributed by atoms with E-state index in [4.69, 9.17) is 4.74 Å². The van der Waals surface area contributed by atoms with Crippen molar-refractivity contribution in [3.63, 3.8) is 0 Å². The second-order valence-corrected chi connectivity index (χ2v) is 7.03. The molecule has 4 nitrogen and oxygen atoms in total. The molecule has 0 aliphatic carbocycles. The first-order valence-corrected chi connectivity index (χ1v) is 9.67. The van der Waals surface area contributed by atoms with Gasteiger partial charge in [-0.2, -0.15) is 0 Å². The van der Waals surface area contributed by atoms with Gasteiger partial charge in [0.1, 0.15) is 11.6 Å². The zero-order valence-electron chi connectivity index (χ0n) is 17.0. The Hall–Kier alpha value is -3.92. The fraction of sp³-hybridized carbons (Fsp3) is 0.0769. The van der Waals surface area contributed by atoms with E-state index in [0.717, 1.165) is 27.8 Å². The molecule has 0 aliphatic heterocycles. The molecule has 0 fully saturated rings. The highest BCUT2D eigenvalue weighted by molar-refractivity contribution is 5.92. The third-order valence-corrected chi connectivity index (χ3v) is 4.98. The summed E-state index contributed by atoms with van der Waals surface area (Å²) < 4.78 is 6.99. The number of ether oxygens (including phenoxy) is 1. The van der Waals surface area contributed by atoms with Crippen molar-refractivity contribution in [1.29, 1.82) is 0 Å². The van der Waals surface area contributed by atoms with E-state index in [2.05, 4.69) is 30.6 Å². The molecule has 30 heavy (non-hydrogen) atoms. The highest BCUT2D eigenvalue weighted by Crippen LogP contribution is 2.26. The Morgan fingerprint density at radius 1 is 1.07 bits per heavy atom. The molecule has 2 aromatic carbocycles. The van der Waals surface area contributed by atoms with Gasteiger partial charge < -0.3 is 4.74 Å². The molecule has 0 N–H and O–H groups in total. The first-order valence-electron chi connectivity index (χ1n) is 9.67. The van der Waals surface area contributed by atoms with Crippen molar-refractivity contribution in [3.05, 3.63) is 113 Å². The monoisotopic (exact) mass is 394 g/mol. The standard InChI is InChI=1S/C26H22N2O2/c1-4-20(15-19-9-7-8-18(2)14-19)24-17-21-16-22(30-3)11-12-23(21)26(29)28(24)25-10-5-6-13-27-25/h4-17H,1H2,2-3H3. The normalized spacial score (nSPS) is 11.5. The Labute approximate surface area is 175 Å². The molecule has 0 spiro atoms. The lowest BCUT2D eigenvalue weighted by molar-refractivity contribution is 0.415. The zero-order valence-corrected chi connectivity index (χ0v) is 17.0. The topological polar surface area (TPSA) is 44.1 Å². The summed E-state index contributed by atoms with van der Waals surface area (Å²) >= 11 is 0. The lowest BCUT2D eigenvalue weighted by atomic mass is 10.0. The van der Waals surface area contributed by atoms with Gasteiger partial charge >= 0.3 is 0 Å². The van der Waals surface area contributed by atoms with Crippen LogP contribution < -0.4 is 10.3 Å². The molecule has 0 atom stereocenters. The largest absolute Gasteiger partial charge is 0.497 e. The van der Waals surface area contributed by atoms with Crippen molar-refractivity contribution in [1.82, 2.24) is 9.55 Å². The van der Waals surface area contributed by atoms with Crippen LogP contribution in [0.15, 0.2) is 90.4 Å². The van der Waals surface area contributed by atoms with Gasteiger partial charge in [0, 0.05) is 11.6 Å². The zero-order chi connectivity index (χ0) is 21.1. The second-order valence-electron chi connectivity index (χ2n) is 7.03. The quantitative estimate of drug-likeness (QED) is 0.424. The van der Waals surface area contributed by atoms with E-state index in [1.807, 2.05) is 48.5 Å². The van der Waals surface area contributed by atoms with E-state index in [-0.39, 0.29) is 5.56 Å². The lowest BCUT2D eigenvalue weighted by Crippen LogP contribution is -2.22. The van der Waals surface area contributed by atoms with Gasteiger partial charge in [-0.25, -0.2) is 4.98 Å². The third-order valence-electron chi connectivity index (χ3n) is 4.98. The molecule has 0 radical (unpaired) electrons. The summed E-state index contributed by atoms with van der Waals surface area (Å²) in [6.45, 7) is 6.06. The Kier molecular flexibility index (Phi) is 5.31. The number of aryl methyl sites for hydroxylation is 1. The van der Waals surface area contributed by atoms with Crippen LogP contribution in [-0.2, 0) is 0 Å².